The minimum Gasteiger partial charge on any atom is -0.496 e. The molecule has 0 bridgehead atoms. The average Bonchev–Trinajstić information content (AvgIpc) is 2.70. The van der Waals surface area contributed by atoms with E-state index >= 15 is 0 Å². The van der Waals surface area contributed by atoms with Crippen molar-refractivity contribution in [2.24, 2.45) is 5.92 Å². The van der Waals surface area contributed by atoms with Gasteiger partial charge in [0.25, 0.3) is 0 Å². The highest BCUT2D eigenvalue weighted by Gasteiger charge is 2.51. The zero-order valence-corrected chi connectivity index (χ0v) is 17.3. The SMILES string of the molecule is COc1ccc(B2OC(C)(C)C(C)(C)O2)cc1CN1CCCC(C)CC1. The van der Waals surface area contributed by atoms with Crippen molar-refractivity contribution in [1.29, 1.82) is 0 Å². The summed E-state index contributed by atoms with van der Waals surface area (Å²) in [5.74, 6) is 1.78. The van der Waals surface area contributed by atoms with Gasteiger partial charge in [0.1, 0.15) is 5.75 Å². The lowest BCUT2D eigenvalue weighted by Crippen LogP contribution is -2.41. The van der Waals surface area contributed by atoms with E-state index in [1.54, 1.807) is 7.11 Å². The minimum absolute atomic E-state index is 0.321. The topological polar surface area (TPSA) is 30.9 Å². The molecule has 26 heavy (non-hydrogen) atoms. The minimum atomic E-state index is -0.325. The van der Waals surface area contributed by atoms with E-state index in [2.05, 4.69) is 57.7 Å². The number of likely N-dealkylation sites (tertiary alicyclic amines) is 1. The van der Waals surface area contributed by atoms with Gasteiger partial charge in [-0.25, -0.2) is 0 Å². The van der Waals surface area contributed by atoms with Crippen LogP contribution in [0.4, 0.5) is 0 Å². The van der Waals surface area contributed by atoms with E-state index in [9.17, 15) is 0 Å². The first-order valence-electron chi connectivity index (χ1n) is 9.96. The van der Waals surface area contributed by atoms with E-state index in [4.69, 9.17) is 14.0 Å². The number of hydrogen-bond acceptors (Lipinski definition) is 4. The van der Waals surface area contributed by atoms with Crippen molar-refractivity contribution in [3.05, 3.63) is 23.8 Å². The molecule has 1 aromatic rings. The van der Waals surface area contributed by atoms with Crippen LogP contribution >= 0.6 is 0 Å². The first kappa shape index (κ1) is 19.7. The molecule has 2 aliphatic rings. The van der Waals surface area contributed by atoms with Crippen LogP contribution in [-0.4, -0.2) is 43.4 Å². The lowest BCUT2D eigenvalue weighted by Gasteiger charge is -2.32. The zero-order valence-electron chi connectivity index (χ0n) is 17.3. The molecule has 2 aliphatic heterocycles. The molecule has 3 rings (SSSR count). The molecule has 0 spiro atoms. The van der Waals surface area contributed by atoms with E-state index in [-0.39, 0.29) is 18.3 Å². The summed E-state index contributed by atoms with van der Waals surface area (Å²) >= 11 is 0. The van der Waals surface area contributed by atoms with Crippen molar-refractivity contribution in [2.75, 3.05) is 20.2 Å². The predicted octanol–water partition coefficient (Wildman–Crippen LogP) is 3.62. The Morgan fingerprint density at radius 1 is 1.12 bits per heavy atom. The molecule has 1 unspecified atom stereocenters. The first-order chi connectivity index (χ1) is 12.2. The molecule has 0 aromatic heterocycles. The maximum atomic E-state index is 6.23. The molecule has 0 radical (unpaired) electrons. The van der Waals surface area contributed by atoms with Crippen LogP contribution in [-0.2, 0) is 15.9 Å². The van der Waals surface area contributed by atoms with Crippen LogP contribution in [0.15, 0.2) is 18.2 Å². The van der Waals surface area contributed by atoms with Crippen molar-refractivity contribution in [2.45, 2.75) is 71.6 Å². The highest BCUT2D eigenvalue weighted by atomic mass is 16.7. The molecule has 1 aromatic carbocycles. The zero-order chi connectivity index (χ0) is 18.9. The van der Waals surface area contributed by atoms with E-state index in [0.717, 1.165) is 36.8 Å². The van der Waals surface area contributed by atoms with Gasteiger partial charge >= 0.3 is 7.12 Å². The molecule has 0 N–H and O–H groups in total. The highest BCUT2D eigenvalue weighted by Crippen LogP contribution is 2.36. The second kappa shape index (κ2) is 7.53. The maximum Gasteiger partial charge on any atom is 0.494 e. The van der Waals surface area contributed by atoms with Crippen LogP contribution < -0.4 is 10.2 Å². The maximum absolute atomic E-state index is 6.23. The van der Waals surface area contributed by atoms with E-state index < -0.39 is 0 Å². The first-order valence-corrected chi connectivity index (χ1v) is 9.96. The molecule has 4 nitrogen and oxygen atoms in total. The summed E-state index contributed by atoms with van der Waals surface area (Å²) in [6, 6.07) is 6.32. The van der Waals surface area contributed by atoms with Gasteiger partial charge in [0.05, 0.1) is 18.3 Å². The Morgan fingerprint density at radius 2 is 1.81 bits per heavy atom. The predicted molar refractivity (Wildman–Crippen MR) is 107 cm³/mol. The van der Waals surface area contributed by atoms with Gasteiger partial charge in [-0.05, 0) is 77.5 Å². The van der Waals surface area contributed by atoms with Gasteiger partial charge in [0.2, 0.25) is 0 Å². The van der Waals surface area contributed by atoms with Gasteiger partial charge in [-0.2, -0.15) is 0 Å². The van der Waals surface area contributed by atoms with Crippen LogP contribution in [0.5, 0.6) is 5.75 Å². The van der Waals surface area contributed by atoms with Crippen molar-refractivity contribution in [1.82, 2.24) is 4.90 Å². The van der Waals surface area contributed by atoms with Gasteiger partial charge in [0.15, 0.2) is 0 Å². The number of benzene rings is 1. The van der Waals surface area contributed by atoms with Crippen molar-refractivity contribution < 1.29 is 14.0 Å². The van der Waals surface area contributed by atoms with Crippen LogP contribution in [0.1, 0.15) is 59.4 Å². The standard InChI is InChI=1S/C21H34BNO3/c1-16-8-7-12-23(13-11-16)15-17-14-18(9-10-19(17)24-6)22-25-20(2,3)21(4,5)26-22/h9-10,14,16H,7-8,11-13,15H2,1-6H3. The Balaban J connectivity index is 1.79. The smallest absolute Gasteiger partial charge is 0.494 e. The fourth-order valence-electron chi connectivity index (χ4n) is 3.77. The van der Waals surface area contributed by atoms with Crippen LogP contribution in [0.2, 0.25) is 0 Å². The summed E-state index contributed by atoms with van der Waals surface area (Å²) in [6.45, 7) is 14.0. The fourth-order valence-corrected chi connectivity index (χ4v) is 3.77. The molecule has 144 valence electrons. The number of nitrogens with zero attached hydrogens (tertiary/aromatic N) is 1. The molecular weight excluding hydrogens is 325 g/mol. The Bertz CT molecular complexity index is 616. The third kappa shape index (κ3) is 4.10. The van der Waals surface area contributed by atoms with Crippen LogP contribution in [0, 0.1) is 5.92 Å². The second-order valence-corrected chi connectivity index (χ2v) is 8.97. The van der Waals surface area contributed by atoms with E-state index in [0.29, 0.717) is 0 Å². The molecule has 2 heterocycles. The number of methoxy groups -OCH3 is 1. The Morgan fingerprint density at radius 3 is 2.46 bits per heavy atom. The molecular formula is C21H34BNO3. The number of ether oxygens (including phenoxy) is 1. The summed E-state index contributed by atoms with van der Waals surface area (Å²) < 4.78 is 18.1. The summed E-state index contributed by atoms with van der Waals surface area (Å²) in [5, 5.41) is 0. The molecule has 2 fully saturated rings. The quantitative estimate of drug-likeness (QED) is 0.769. The third-order valence-corrected chi connectivity index (χ3v) is 6.33. The third-order valence-electron chi connectivity index (χ3n) is 6.33. The van der Waals surface area contributed by atoms with Gasteiger partial charge < -0.3 is 14.0 Å². The van der Waals surface area contributed by atoms with Crippen LogP contribution in [0.3, 0.4) is 0 Å². The monoisotopic (exact) mass is 359 g/mol. The highest BCUT2D eigenvalue weighted by molar-refractivity contribution is 6.62. The van der Waals surface area contributed by atoms with Gasteiger partial charge in [-0.15, -0.1) is 0 Å². The lowest BCUT2D eigenvalue weighted by molar-refractivity contribution is 0.00578. The van der Waals surface area contributed by atoms with E-state index in [1.165, 1.54) is 24.8 Å². The van der Waals surface area contributed by atoms with Crippen LogP contribution in [0.25, 0.3) is 0 Å². The number of hydrogen-bond donors (Lipinski definition) is 0. The summed E-state index contributed by atoms with van der Waals surface area (Å²) in [7, 11) is 1.42. The van der Waals surface area contributed by atoms with Gasteiger partial charge in [-0.3, -0.25) is 4.90 Å². The Hall–Kier alpha value is -1.04. The Labute approximate surface area is 159 Å². The summed E-state index contributed by atoms with van der Waals surface area (Å²) in [5.41, 5.74) is 1.65. The number of rotatable bonds is 4. The second-order valence-electron chi connectivity index (χ2n) is 8.97. The Kier molecular flexibility index (Phi) is 5.71. The molecule has 0 amide bonds. The normalized spacial score (nSPS) is 25.9. The average molecular weight is 359 g/mol. The lowest BCUT2D eigenvalue weighted by atomic mass is 9.78. The van der Waals surface area contributed by atoms with Crippen molar-refractivity contribution >= 4 is 12.6 Å². The largest absolute Gasteiger partial charge is 0.496 e. The van der Waals surface area contributed by atoms with Crippen molar-refractivity contribution in [3.8, 4) is 5.75 Å². The summed E-state index contributed by atoms with van der Waals surface area (Å²) in [4.78, 5) is 2.55. The molecule has 0 aliphatic carbocycles. The van der Waals surface area contributed by atoms with Crippen molar-refractivity contribution in [3.63, 3.8) is 0 Å². The van der Waals surface area contributed by atoms with E-state index in [1.807, 2.05) is 0 Å². The molecule has 2 saturated heterocycles. The van der Waals surface area contributed by atoms with Gasteiger partial charge in [0, 0.05) is 12.1 Å². The van der Waals surface area contributed by atoms with Gasteiger partial charge in [-0.1, -0.05) is 19.1 Å². The molecule has 0 saturated carbocycles. The molecule has 5 heteroatoms. The fraction of sp³-hybridized carbons (Fsp3) is 0.714. The molecule has 1 atom stereocenters. The summed E-state index contributed by atoms with van der Waals surface area (Å²) in [6.07, 6.45) is 3.89.